The minimum absolute atomic E-state index is 0.0882. The fourth-order valence-corrected chi connectivity index (χ4v) is 3.11. The van der Waals surface area contributed by atoms with E-state index >= 15 is 0 Å². The molecule has 1 aromatic carbocycles. The molecule has 0 bridgehead atoms. The molecule has 136 valence electrons. The lowest BCUT2D eigenvalue weighted by Gasteiger charge is -2.25. The van der Waals surface area contributed by atoms with Crippen molar-refractivity contribution < 1.29 is 9.63 Å². The van der Waals surface area contributed by atoms with Gasteiger partial charge in [-0.3, -0.25) is 9.63 Å². The van der Waals surface area contributed by atoms with Gasteiger partial charge in [0.1, 0.15) is 5.82 Å². The van der Waals surface area contributed by atoms with Gasteiger partial charge >= 0.3 is 0 Å². The van der Waals surface area contributed by atoms with Crippen LogP contribution in [0.25, 0.3) is 11.0 Å². The highest BCUT2D eigenvalue weighted by Gasteiger charge is 2.12. The number of carbonyl (C=O) groups is 1. The van der Waals surface area contributed by atoms with E-state index in [-0.39, 0.29) is 5.91 Å². The van der Waals surface area contributed by atoms with E-state index < -0.39 is 0 Å². The summed E-state index contributed by atoms with van der Waals surface area (Å²) in [6.45, 7) is 7.27. The minimum atomic E-state index is 0.0882. The van der Waals surface area contributed by atoms with Crippen LogP contribution in [0.15, 0.2) is 12.1 Å². The highest BCUT2D eigenvalue weighted by Crippen LogP contribution is 2.19. The predicted octanol–water partition coefficient (Wildman–Crippen LogP) is 2.65. The van der Waals surface area contributed by atoms with Gasteiger partial charge in [-0.05, 0) is 50.3 Å². The summed E-state index contributed by atoms with van der Waals surface area (Å²) < 4.78 is 0. The van der Waals surface area contributed by atoms with Gasteiger partial charge in [0, 0.05) is 32.5 Å². The molecule has 3 rings (SSSR count). The van der Waals surface area contributed by atoms with Crippen molar-refractivity contribution >= 4 is 16.9 Å². The summed E-state index contributed by atoms with van der Waals surface area (Å²) >= 11 is 0. The van der Waals surface area contributed by atoms with Crippen LogP contribution in [-0.2, 0) is 16.1 Å². The zero-order valence-corrected chi connectivity index (χ0v) is 15.2. The van der Waals surface area contributed by atoms with Crippen molar-refractivity contribution in [3.63, 3.8) is 0 Å². The number of hydrogen-bond donors (Lipinski definition) is 2. The monoisotopic (exact) mass is 344 g/mol. The molecule has 25 heavy (non-hydrogen) atoms. The van der Waals surface area contributed by atoms with Crippen LogP contribution in [-0.4, -0.2) is 47.2 Å². The Balaban J connectivity index is 1.38. The summed E-state index contributed by atoms with van der Waals surface area (Å²) in [5, 5.41) is 4.89. The van der Waals surface area contributed by atoms with Crippen molar-refractivity contribution in [1.82, 2.24) is 20.3 Å². The molecule has 2 N–H and O–H groups in total. The number of carbonyl (C=O) groups excluding carboxylic acids is 1. The quantitative estimate of drug-likeness (QED) is 0.758. The van der Waals surface area contributed by atoms with E-state index in [0.29, 0.717) is 19.5 Å². The van der Waals surface area contributed by atoms with Crippen molar-refractivity contribution in [2.24, 2.45) is 0 Å². The van der Waals surface area contributed by atoms with Gasteiger partial charge in [-0.25, -0.2) is 4.98 Å². The maximum atomic E-state index is 11.9. The number of H-pyrrole nitrogens is 1. The molecule has 1 aliphatic heterocycles. The highest BCUT2D eigenvalue weighted by atomic mass is 16.7. The van der Waals surface area contributed by atoms with E-state index in [9.17, 15) is 4.79 Å². The van der Waals surface area contributed by atoms with Crippen LogP contribution < -0.4 is 5.32 Å². The van der Waals surface area contributed by atoms with Crippen molar-refractivity contribution in [2.45, 2.75) is 46.0 Å². The first kappa shape index (κ1) is 17.9. The summed E-state index contributed by atoms with van der Waals surface area (Å²) in [6.07, 6.45) is 4.47. The first-order chi connectivity index (χ1) is 12.1. The molecule has 0 radical (unpaired) electrons. The Labute approximate surface area is 148 Å². The molecule has 6 nitrogen and oxygen atoms in total. The molecule has 0 spiro atoms. The molecule has 0 aliphatic carbocycles. The Morgan fingerprint density at radius 1 is 1.36 bits per heavy atom. The van der Waals surface area contributed by atoms with Gasteiger partial charge in [-0.1, -0.05) is 6.07 Å². The first-order valence-electron chi connectivity index (χ1n) is 9.23. The third kappa shape index (κ3) is 4.80. The molecule has 0 atom stereocenters. The molecule has 1 aliphatic rings. The topological polar surface area (TPSA) is 70.2 Å². The number of aromatic nitrogens is 2. The highest BCUT2D eigenvalue weighted by molar-refractivity contribution is 5.79. The second-order valence-corrected chi connectivity index (χ2v) is 6.76. The lowest BCUT2D eigenvalue weighted by molar-refractivity contribution is -0.181. The number of fused-ring (bicyclic) bond motifs is 1. The van der Waals surface area contributed by atoms with Gasteiger partial charge in [-0.15, -0.1) is 0 Å². The number of aromatic amines is 1. The van der Waals surface area contributed by atoms with E-state index in [0.717, 1.165) is 55.7 Å². The van der Waals surface area contributed by atoms with Crippen LogP contribution in [0.2, 0.25) is 0 Å². The summed E-state index contributed by atoms with van der Waals surface area (Å²) in [4.78, 5) is 25.5. The van der Waals surface area contributed by atoms with Gasteiger partial charge in [0.15, 0.2) is 0 Å². The lowest BCUT2D eigenvalue weighted by atomic mass is 10.1. The van der Waals surface area contributed by atoms with Gasteiger partial charge in [0.25, 0.3) is 0 Å². The second kappa shape index (κ2) is 8.45. The smallest absolute Gasteiger partial charge is 0.221 e. The molecule has 1 aromatic heterocycles. The molecule has 6 heteroatoms. The van der Waals surface area contributed by atoms with Gasteiger partial charge in [-0.2, -0.15) is 5.06 Å². The standard InChI is InChI=1S/C19H28N4O2/c1-14-7-8-16-19(15(14)2)22-17(21-16)6-5-10-20-18(24)9-12-23-11-3-4-13-25-23/h7-8H,3-6,9-13H2,1-2H3,(H,20,24)(H,21,22). The van der Waals surface area contributed by atoms with Crippen molar-refractivity contribution in [2.75, 3.05) is 26.2 Å². The largest absolute Gasteiger partial charge is 0.356 e. The van der Waals surface area contributed by atoms with Crippen LogP contribution >= 0.6 is 0 Å². The molecular weight excluding hydrogens is 316 g/mol. The molecule has 1 fully saturated rings. The van der Waals surface area contributed by atoms with E-state index in [4.69, 9.17) is 9.82 Å². The number of rotatable bonds is 7. The molecule has 1 saturated heterocycles. The average Bonchev–Trinajstić information content (AvgIpc) is 3.05. The van der Waals surface area contributed by atoms with Crippen LogP contribution in [0.3, 0.4) is 0 Å². The fraction of sp³-hybridized carbons (Fsp3) is 0.579. The Morgan fingerprint density at radius 3 is 3.04 bits per heavy atom. The normalized spacial score (nSPS) is 15.6. The van der Waals surface area contributed by atoms with Crippen LogP contribution in [0.4, 0.5) is 0 Å². The number of hydrogen-bond acceptors (Lipinski definition) is 4. The van der Waals surface area contributed by atoms with Gasteiger partial charge in [0.05, 0.1) is 17.6 Å². The number of aryl methyl sites for hydroxylation is 3. The SMILES string of the molecule is Cc1ccc2[nH]c(CCCNC(=O)CCN3CCCCO3)nc2c1C. The third-order valence-corrected chi connectivity index (χ3v) is 4.80. The first-order valence-corrected chi connectivity index (χ1v) is 9.23. The number of imidazole rings is 1. The molecule has 2 heterocycles. The molecular formula is C19H28N4O2. The van der Waals surface area contributed by atoms with E-state index in [2.05, 4.69) is 36.3 Å². The predicted molar refractivity (Wildman–Crippen MR) is 98.3 cm³/mol. The van der Waals surface area contributed by atoms with Crippen LogP contribution in [0.1, 0.15) is 42.6 Å². The van der Waals surface area contributed by atoms with E-state index in [1.807, 2.05) is 5.06 Å². The number of hydroxylamine groups is 2. The number of nitrogens with one attached hydrogen (secondary N) is 2. The summed E-state index contributed by atoms with van der Waals surface area (Å²) in [6, 6.07) is 4.20. The Hall–Kier alpha value is -1.92. The Morgan fingerprint density at radius 2 is 2.24 bits per heavy atom. The third-order valence-electron chi connectivity index (χ3n) is 4.80. The van der Waals surface area contributed by atoms with Crippen LogP contribution in [0, 0.1) is 13.8 Å². The number of nitrogens with zero attached hydrogens (tertiary/aromatic N) is 2. The zero-order chi connectivity index (χ0) is 17.6. The Kier molecular flexibility index (Phi) is 6.04. The summed E-state index contributed by atoms with van der Waals surface area (Å²) in [5.74, 6) is 1.07. The molecule has 1 amide bonds. The Bertz CT molecular complexity index is 720. The van der Waals surface area contributed by atoms with E-state index in [1.54, 1.807) is 0 Å². The van der Waals surface area contributed by atoms with Crippen molar-refractivity contribution in [3.8, 4) is 0 Å². The van der Waals surface area contributed by atoms with Crippen molar-refractivity contribution in [1.29, 1.82) is 0 Å². The minimum Gasteiger partial charge on any atom is -0.356 e. The maximum absolute atomic E-state index is 11.9. The zero-order valence-electron chi connectivity index (χ0n) is 15.2. The van der Waals surface area contributed by atoms with Crippen molar-refractivity contribution in [3.05, 3.63) is 29.1 Å². The number of amides is 1. The fourth-order valence-electron chi connectivity index (χ4n) is 3.11. The number of benzene rings is 1. The molecule has 2 aromatic rings. The van der Waals surface area contributed by atoms with Crippen LogP contribution in [0.5, 0.6) is 0 Å². The second-order valence-electron chi connectivity index (χ2n) is 6.76. The van der Waals surface area contributed by atoms with Gasteiger partial charge in [0.2, 0.25) is 5.91 Å². The summed E-state index contributed by atoms with van der Waals surface area (Å²) in [7, 11) is 0. The average molecular weight is 344 g/mol. The van der Waals surface area contributed by atoms with E-state index in [1.165, 1.54) is 11.1 Å². The molecule has 0 saturated carbocycles. The maximum Gasteiger partial charge on any atom is 0.221 e. The van der Waals surface area contributed by atoms with Gasteiger partial charge < -0.3 is 10.3 Å². The lowest BCUT2D eigenvalue weighted by Crippen LogP contribution is -2.34. The molecule has 0 unspecified atom stereocenters. The summed E-state index contributed by atoms with van der Waals surface area (Å²) in [5.41, 5.74) is 4.63.